The number of nitrogens with one attached hydrogen (secondary N) is 1. The highest BCUT2D eigenvalue weighted by Gasteiger charge is 2.18. The first-order chi connectivity index (χ1) is 10.1. The van der Waals surface area contributed by atoms with Crippen molar-refractivity contribution < 1.29 is 19.0 Å². The lowest BCUT2D eigenvalue weighted by atomic mass is 10.2. The Morgan fingerprint density at radius 3 is 2.90 bits per heavy atom. The lowest BCUT2D eigenvalue weighted by molar-refractivity contribution is 0.0689. The Hall–Kier alpha value is -3.23. The van der Waals surface area contributed by atoms with Crippen molar-refractivity contribution in [1.82, 2.24) is 19.8 Å². The zero-order chi connectivity index (χ0) is 15.0. The quantitative estimate of drug-likeness (QED) is 0.746. The number of benzene rings is 1. The Kier molecular flexibility index (Phi) is 2.87. The molecule has 0 fully saturated rings. The summed E-state index contributed by atoms with van der Waals surface area (Å²) in [6.45, 7) is 0. The fourth-order valence-corrected chi connectivity index (χ4v) is 1.75. The van der Waals surface area contributed by atoms with Gasteiger partial charge in [-0.25, -0.2) is 19.1 Å². The van der Waals surface area contributed by atoms with Crippen LogP contribution in [0, 0.1) is 5.82 Å². The Morgan fingerprint density at radius 2 is 2.14 bits per heavy atom. The number of H-pyrrole nitrogens is 1. The van der Waals surface area contributed by atoms with Gasteiger partial charge >= 0.3 is 11.7 Å². The highest BCUT2D eigenvalue weighted by atomic mass is 19.1. The van der Waals surface area contributed by atoms with E-state index >= 15 is 0 Å². The number of nitrogens with zero attached hydrogens (tertiary/aromatic N) is 3. The van der Waals surface area contributed by atoms with Gasteiger partial charge < -0.3 is 9.84 Å². The largest absolute Gasteiger partial charge is 0.477 e. The van der Waals surface area contributed by atoms with Crippen LogP contribution in [0.5, 0.6) is 11.6 Å². The molecule has 0 saturated heterocycles. The van der Waals surface area contributed by atoms with E-state index in [4.69, 9.17) is 9.84 Å². The molecule has 3 rings (SSSR count). The first-order valence-electron chi connectivity index (χ1n) is 5.70. The van der Waals surface area contributed by atoms with Crippen LogP contribution in [0.3, 0.4) is 0 Å². The molecular formula is C12H7FN4O4. The van der Waals surface area contributed by atoms with Crippen LogP contribution in [0.15, 0.2) is 35.1 Å². The molecule has 0 atom stereocenters. The van der Waals surface area contributed by atoms with Crippen LogP contribution in [0.25, 0.3) is 5.65 Å². The van der Waals surface area contributed by atoms with Crippen molar-refractivity contribution in [2.45, 2.75) is 0 Å². The number of hydrogen-bond acceptors (Lipinski definition) is 5. The van der Waals surface area contributed by atoms with E-state index in [1.165, 1.54) is 24.3 Å². The number of aromatic nitrogens is 4. The zero-order valence-electron chi connectivity index (χ0n) is 10.3. The predicted octanol–water partition coefficient (Wildman–Crippen LogP) is 1.05. The lowest BCUT2D eigenvalue weighted by Crippen LogP contribution is -2.12. The van der Waals surface area contributed by atoms with Crippen LogP contribution in [-0.2, 0) is 0 Å². The third-order valence-corrected chi connectivity index (χ3v) is 2.65. The minimum Gasteiger partial charge on any atom is -0.477 e. The van der Waals surface area contributed by atoms with Gasteiger partial charge in [0, 0.05) is 6.07 Å². The van der Waals surface area contributed by atoms with Gasteiger partial charge in [0.05, 0.1) is 0 Å². The van der Waals surface area contributed by atoms with Crippen LogP contribution in [0.4, 0.5) is 4.39 Å². The van der Waals surface area contributed by atoms with E-state index in [0.29, 0.717) is 0 Å². The summed E-state index contributed by atoms with van der Waals surface area (Å²) in [7, 11) is 0. The van der Waals surface area contributed by atoms with E-state index in [1.54, 1.807) is 0 Å². The van der Waals surface area contributed by atoms with Crippen molar-refractivity contribution in [1.29, 1.82) is 0 Å². The molecule has 0 aliphatic heterocycles. The molecule has 0 bridgehead atoms. The SMILES string of the molecule is O=C(O)c1c(F)cccc1Oc1ccc2n[nH]c(=O)n2n1. The molecule has 0 unspecified atom stereocenters. The third kappa shape index (κ3) is 2.20. The molecule has 9 heteroatoms. The number of hydrogen-bond donors (Lipinski definition) is 2. The molecule has 0 saturated carbocycles. The molecule has 0 amide bonds. The normalized spacial score (nSPS) is 10.7. The second kappa shape index (κ2) is 4.71. The molecular weight excluding hydrogens is 283 g/mol. The Bertz CT molecular complexity index is 902. The summed E-state index contributed by atoms with van der Waals surface area (Å²) in [5.41, 5.74) is -0.919. The molecule has 2 heterocycles. The highest BCUT2D eigenvalue weighted by Crippen LogP contribution is 2.25. The van der Waals surface area contributed by atoms with E-state index in [9.17, 15) is 14.0 Å². The third-order valence-electron chi connectivity index (χ3n) is 2.65. The van der Waals surface area contributed by atoms with Gasteiger partial charge in [0.15, 0.2) is 5.65 Å². The van der Waals surface area contributed by atoms with Crippen molar-refractivity contribution in [2.75, 3.05) is 0 Å². The number of halogens is 1. The monoisotopic (exact) mass is 290 g/mol. The van der Waals surface area contributed by atoms with E-state index in [0.717, 1.165) is 10.6 Å². The summed E-state index contributed by atoms with van der Waals surface area (Å²) in [5.74, 6) is -2.68. The number of carboxylic acid groups (broad SMARTS) is 1. The number of aromatic amines is 1. The molecule has 0 radical (unpaired) electrons. The first-order valence-corrected chi connectivity index (χ1v) is 5.70. The number of carboxylic acids is 1. The van der Waals surface area contributed by atoms with E-state index < -0.39 is 23.0 Å². The fourth-order valence-electron chi connectivity index (χ4n) is 1.75. The molecule has 2 N–H and O–H groups in total. The van der Waals surface area contributed by atoms with E-state index in [-0.39, 0.29) is 17.3 Å². The summed E-state index contributed by atoms with van der Waals surface area (Å²) in [6.07, 6.45) is 0. The Balaban J connectivity index is 2.06. The number of carbonyl (C=O) groups is 1. The van der Waals surface area contributed by atoms with Crippen molar-refractivity contribution in [3.05, 3.63) is 52.2 Å². The van der Waals surface area contributed by atoms with Crippen LogP contribution < -0.4 is 10.4 Å². The van der Waals surface area contributed by atoms with Gasteiger partial charge in [0.25, 0.3) is 0 Å². The van der Waals surface area contributed by atoms with Gasteiger partial charge in [-0.3, -0.25) is 0 Å². The molecule has 0 aliphatic rings. The smallest absolute Gasteiger partial charge is 0.364 e. The second-order valence-corrected chi connectivity index (χ2v) is 3.99. The number of aromatic carboxylic acids is 1. The van der Waals surface area contributed by atoms with Gasteiger partial charge in [-0.2, -0.15) is 9.61 Å². The summed E-state index contributed by atoms with van der Waals surface area (Å²) in [4.78, 5) is 22.4. The molecule has 8 nitrogen and oxygen atoms in total. The standard InChI is InChI=1S/C12H7FN4O4/c13-6-2-1-3-7(10(6)11(18)19)21-9-5-4-8-14-15-12(20)17(8)16-9/h1-5H,(H,15,20)(H,18,19). The van der Waals surface area contributed by atoms with Crippen LogP contribution >= 0.6 is 0 Å². The summed E-state index contributed by atoms with van der Waals surface area (Å²) >= 11 is 0. The summed E-state index contributed by atoms with van der Waals surface area (Å²) in [5, 5.41) is 18.7. The van der Waals surface area contributed by atoms with Gasteiger partial charge in [-0.05, 0) is 18.2 Å². The van der Waals surface area contributed by atoms with Crippen molar-refractivity contribution in [2.24, 2.45) is 0 Å². The van der Waals surface area contributed by atoms with Crippen molar-refractivity contribution >= 4 is 11.6 Å². The van der Waals surface area contributed by atoms with Gasteiger partial charge in [0.2, 0.25) is 5.88 Å². The average Bonchev–Trinajstić information content (AvgIpc) is 2.80. The topological polar surface area (TPSA) is 110 Å². The first kappa shape index (κ1) is 12.8. The minimum absolute atomic E-state index is 0.0703. The maximum atomic E-state index is 13.5. The maximum absolute atomic E-state index is 13.5. The fraction of sp³-hybridized carbons (Fsp3) is 0. The summed E-state index contributed by atoms with van der Waals surface area (Å²) < 4.78 is 19.7. The van der Waals surface area contributed by atoms with Gasteiger partial charge in [0.1, 0.15) is 17.1 Å². The van der Waals surface area contributed by atoms with E-state index in [1.807, 2.05) is 0 Å². The Morgan fingerprint density at radius 1 is 1.33 bits per heavy atom. The molecule has 2 aromatic heterocycles. The molecule has 106 valence electrons. The number of ether oxygens (including phenoxy) is 1. The number of rotatable bonds is 3. The molecule has 1 aromatic carbocycles. The molecule has 21 heavy (non-hydrogen) atoms. The molecule has 0 aliphatic carbocycles. The van der Waals surface area contributed by atoms with Crippen molar-refractivity contribution in [3.63, 3.8) is 0 Å². The summed E-state index contributed by atoms with van der Waals surface area (Å²) in [6, 6.07) is 6.43. The van der Waals surface area contributed by atoms with Crippen LogP contribution in [-0.4, -0.2) is 30.9 Å². The lowest BCUT2D eigenvalue weighted by Gasteiger charge is -2.08. The van der Waals surface area contributed by atoms with Gasteiger partial charge in [-0.1, -0.05) is 6.07 Å². The molecule has 3 aromatic rings. The highest BCUT2D eigenvalue weighted by molar-refractivity contribution is 5.91. The molecule has 0 spiro atoms. The van der Waals surface area contributed by atoms with E-state index in [2.05, 4.69) is 15.3 Å². The zero-order valence-corrected chi connectivity index (χ0v) is 10.3. The van der Waals surface area contributed by atoms with Crippen molar-refractivity contribution in [3.8, 4) is 11.6 Å². The Labute approximate surface area is 115 Å². The maximum Gasteiger partial charge on any atom is 0.364 e. The van der Waals surface area contributed by atoms with Crippen LogP contribution in [0.1, 0.15) is 10.4 Å². The predicted molar refractivity (Wildman–Crippen MR) is 67.0 cm³/mol. The minimum atomic E-state index is -1.47. The number of fused-ring (bicyclic) bond motifs is 1. The van der Waals surface area contributed by atoms with Gasteiger partial charge in [-0.15, -0.1) is 5.10 Å². The average molecular weight is 290 g/mol. The second-order valence-electron chi connectivity index (χ2n) is 3.99. The van der Waals surface area contributed by atoms with Crippen LogP contribution in [0.2, 0.25) is 0 Å².